The van der Waals surface area contributed by atoms with Crippen molar-refractivity contribution in [2.45, 2.75) is 58.8 Å². The number of rotatable bonds is 23. The standard InChI is InChI=1S/C21H44O6/c1-3-5-8-21(4-2)9-6-7-11-23-13-15-25-17-19-27-20-18-26-16-14-24-12-10-22/h21-22H,3-20H2,1-2H3. The lowest BCUT2D eigenvalue weighted by molar-refractivity contribution is -0.0134. The van der Waals surface area contributed by atoms with Crippen LogP contribution < -0.4 is 0 Å². The lowest BCUT2D eigenvalue weighted by Crippen LogP contribution is -2.13. The number of hydrogen-bond donors (Lipinski definition) is 1. The van der Waals surface area contributed by atoms with Gasteiger partial charge in [0.2, 0.25) is 0 Å². The molecule has 0 aliphatic heterocycles. The van der Waals surface area contributed by atoms with Gasteiger partial charge in [-0.3, -0.25) is 0 Å². The number of unbranched alkanes of at least 4 members (excludes halogenated alkanes) is 2. The van der Waals surface area contributed by atoms with Crippen molar-refractivity contribution in [3.63, 3.8) is 0 Å². The second-order valence-corrected chi connectivity index (χ2v) is 6.70. The van der Waals surface area contributed by atoms with E-state index in [-0.39, 0.29) is 6.61 Å². The lowest BCUT2D eigenvalue weighted by Gasteiger charge is -2.14. The maximum Gasteiger partial charge on any atom is 0.0701 e. The van der Waals surface area contributed by atoms with E-state index in [1.54, 1.807) is 0 Å². The molecule has 6 heteroatoms. The Morgan fingerprint density at radius 2 is 1.00 bits per heavy atom. The molecule has 0 aromatic carbocycles. The van der Waals surface area contributed by atoms with Gasteiger partial charge < -0.3 is 28.8 Å². The van der Waals surface area contributed by atoms with Gasteiger partial charge in [0, 0.05) is 6.61 Å². The van der Waals surface area contributed by atoms with Crippen LogP contribution in [0, 0.1) is 5.92 Å². The number of aliphatic hydroxyl groups is 1. The predicted molar refractivity (Wildman–Crippen MR) is 108 cm³/mol. The summed E-state index contributed by atoms with van der Waals surface area (Å²) in [5.41, 5.74) is 0. The second kappa shape index (κ2) is 23.8. The zero-order valence-corrected chi connectivity index (χ0v) is 17.8. The van der Waals surface area contributed by atoms with Gasteiger partial charge in [-0.25, -0.2) is 0 Å². The molecule has 1 unspecified atom stereocenters. The van der Waals surface area contributed by atoms with Crippen molar-refractivity contribution in [3.05, 3.63) is 0 Å². The molecule has 6 nitrogen and oxygen atoms in total. The summed E-state index contributed by atoms with van der Waals surface area (Å²) in [5.74, 6) is 0.901. The topological polar surface area (TPSA) is 66.4 Å². The fourth-order valence-corrected chi connectivity index (χ4v) is 2.73. The maximum atomic E-state index is 8.54. The maximum absolute atomic E-state index is 8.54. The summed E-state index contributed by atoms with van der Waals surface area (Å²) in [6.07, 6.45) is 9.12. The molecule has 0 heterocycles. The third kappa shape index (κ3) is 21.9. The predicted octanol–water partition coefficient (Wildman–Crippen LogP) is 3.45. The summed E-state index contributed by atoms with van der Waals surface area (Å²) in [6.45, 7) is 10.4. The third-order valence-electron chi connectivity index (χ3n) is 4.42. The van der Waals surface area contributed by atoms with E-state index in [0.717, 1.165) is 18.9 Å². The summed E-state index contributed by atoms with van der Waals surface area (Å²) in [6, 6.07) is 0. The van der Waals surface area contributed by atoms with Gasteiger partial charge in [-0.2, -0.15) is 0 Å². The van der Waals surface area contributed by atoms with Crippen LogP contribution in [0.4, 0.5) is 0 Å². The molecule has 1 atom stereocenters. The molecule has 0 saturated carbocycles. The molecule has 1 N–H and O–H groups in total. The Morgan fingerprint density at radius 3 is 1.44 bits per heavy atom. The fraction of sp³-hybridized carbons (Fsp3) is 1.00. The van der Waals surface area contributed by atoms with Crippen LogP contribution in [0.15, 0.2) is 0 Å². The Kier molecular flexibility index (Phi) is 23.6. The second-order valence-electron chi connectivity index (χ2n) is 6.70. The van der Waals surface area contributed by atoms with Crippen molar-refractivity contribution in [1.29, 1.82) is 0 Å². The Morgan fingerprint density at radius 1 is 0.556 bits per heavy atom. The molecule has 0 saturated heterocycles. The molecule has 0 rings (SSSR count). The molecule has 0 aliphatic carbocycles. The highest BCUT2D eigenvalue weighted by Crippen LogP contribution is 2.19. The summed E-state index contributed by atoms with van der Waals surface area (Å²) in [4.78, 5) is 0. The van der Waals surface area contributed by atoms with Crippen LogP contribution >= 0.6 is 0 Å². The minimum Gasteiger partial charge on any atom is -0.394 e. The average molecular weight is 393 g/mol. The van der Waals surface area contributed by atoms with Gasteiger partial charge in [-0.05, 0) is 12.3 Å². The molecule has 0 fully saturated rings. The largest absolute Gasteiger partial charge is 0.394 e. The van der Waals surface area contributed by atoms with Crippen LogP contribution in [0.2, 0.25) is 0 Å². The van der Waals surface area contributed by atoms with E-state index < -0.39 is 0 Å². The van der Waals surface area contributed by atoms with E-state index in [2.05, 4.69) is 13.8 Å². The highest BCUT2D eigenvalue weighted by molar-refractivity contribution is 4.57. The van der Waals surface area contributed by atoms with E-state index in [0.29, 0.717) is 59.5 Å². The summed E-state index contributed by atoms with van der Waals surface area (Å²) >= 11 is 0. The van der Waals surface area contributed by atoms with Crippen molar-refractivity contribution >= 4 is 0 Å². The Hall–Kier alpha value is -0.240. The van der Waals surface area contributed by atoms with E-state index in [1.807, 2.05) is 0 Å². The average Bonchev–Trinajstić information content (AvgIpc) is 2.69. The quantitative estimate of drug-likeness (QED) is 0.269. The highest BCUT2D eigenvalue weighted by atomic mass is 16.6. The van der Waals surface area contributed by atoms with Crippen LogP contribution in [0.3, 0.4) is 0 Å². The fourth-order valence-electron chi connectivity index (χ4n) is 2.73. The van der Waals surface area contributed by atoms with Crippen LogP contribution in [-0.2, 0) is 23.7 Å². The monoisotopic (exact) mass is 392 g/mol. The van der Waals surface area contributed by atoms with Gasteiger partial charge in [0.15, 0.2) is 0 Å². The van der Waals surface area contributed by atoms with Crippen molar-refractivity contribution in [1.82, 2.24) is 0 Å². The van der Waals surface area contributed by atoms with Crippen LogP contribution in [0.1, 0.15) is 58.8 Å². The van der Waals surface area contributed by atoms with Crippen LogP contribution in [0.5, 0.6) is 0 Å². The third-order valence-corrected chi connectivity index (χ3v) is 4.42. The molecule has 164 valence electrons. The molecule has 27 heavy (non-hydrogen) atoms. The van der Waals surface area contributed by atoms with Gasteiger partial charge in [-0.1, -0.05) is 52.4 Å². The van der Waals surface area contributed by atoms with Gasteiger partial charge in [0.1, 0.15) is 0 Å². The van der Waals surface area contributed by atoms with E-state index in [1.165, 1.54) is 38.5 Å². The summed E-state index contributed by atoms with van der Waals surface area (Å²) in [7, 11) is 0. The molecular formula is C21H44O6. The highest BCUT2D eigenvalue weighted by Gasteiger charge is 2.05. The van der Waals surface area contributed by atoms with Gasteiger partial charge in [0.25, 0.3) is 0 Å². The minimum absolute atomic E-state index is 0.0483. The first-order chi connectivity index (χ1) is 13.3. The first-order valence-electron chi connectivity index (χ1n) is 10.8. The smallest absolute Gasteiger partial charge is 0.0701 e. The molecular weight excluding hydrogens is 348 g/mol. The van der Waals surface area contributed by atoms with Crippen molar-refractivity contribution in [3.8, 4) is 0 Å². The number of aliphatic hydroxyl groups excluding tert-OH is 1. The summed E-state index contributed by atoms with van der Waals surface area (Å²) < 4.78 is 26.9. The van der Waals surface area contributed by atoms with Crippen molar-refractivity contribution in [2.24, 2.45) is 5.92 Å². The molecule has 0 bridgehead atoms. The first kappa shape index (κ1) is 26.8. The zero-order valence-electron chi connectivity index (χ0n) is 17.8. The van der Waals surface area contributed by atoms with Gasteiger partial charge >= 0.3 is 0 Å². The molecule has 0 spiro atoms. The van der Waals surface area contributed by atoms with Gasteiger partial charge in [0.05, 0.1) is 66.1 Å². The lowest BCUT2D eigenvalue weighted by atomic mass is 9.94. The van der Waals surface area contributed by atoms with E-state index in [4.69, 9.17) is 28.8 Å². The van der Waals surface area contributed by atoms with E-state index >= 15 is 0 Å². The molecule has 0 radical (unpaired) electrons. The molecule has 0 aromatic rings. The Bertz CT molecular complexity index is 265. The van der Waals surface area contributed by atoms with Crippen LogP contribution in [0.25, 0.3) is 0 Å². The normalized spacial score (nSPS) is 12.6. The molecule has 0 aromatic heterocycles. The van der Waals surface area contributed by atoms with Gasteiger partial charge in [-0.15, -0.1) is 0 Å². The molecule has 0 aliphatic rings. The number of hydrogen-bond acceptors (Lipinski definition) is 6. The SMILES string of the molecule is CCCCC(CC)CCCCOCCOCCOCCOCCOCCO. The molecule has 0 amide bonds. The van der Waals surface area contributed by atoms with E-state index in [9.17, 15) is 0 Å². The minimum atomic E-state index is 0.0483. The van der Waals surface area contributed by atoms with Crippen LogP contribution in [-0.4, -0.2) is 77.8 Å². The zero-order chi connectivity index (χ0) is 19.8. The summed E-state index contributed by atoms with van der Waals surface area (Å²) in [5, 5.41) is 8.54. The van der Waals surface area contributed by atoms with Crippen molar-refractivity contribution < 1.29 is 28.8 Å². The Labute approximate surface area is 166 Å². The number of ether oxygens (including phenoxy) is 5. The van der Waals surface area contributed by atoms with Crippen molar-refractivity contribution in [2.75, 3.05) is 72.7 Å². The Balaban J connectivity index is 3.10. The first-order valence-corrected chi connectivity index (χ1v) is 10.8.